The first-order chi connectivity index (χ1) is 9.24. The predicted octanol–water partition coefficient (Wildman–Crippen LogP) is 2.59. The van der Waals surface area contributed by atoms with Gasteiger partial charge in [-0.3, -0.25) is 0 Å². The summed E-state index contributed by atoms with van der Waals surface area (Å²) < 4.78 is 11.8. The fourth-order valence-electron chi connectivity index (χ4n) is 3.22. The van der Waals surface area contributed by atoms with E-state index < -0.39 is 0 Å². The molecule has 2 N–H and O–H groups in total. The first kappa shape index (κ1) is 13.1. The number of hydrogen-bond acceptors (Lipinski definition) is 3. The number of rotatable bonds is 3. The van der Waals surface area contributed by atoms with Gasteiger partial charge in [0.25, 0.3) is 0 Å². The second kappa shape index (κ2) is 5.61. The molecule has 0 saturated carbocycles. The van der Waals surface area contributed by atoms with E-state index in [2.05, 4.69) is 31.2 Å². The molecule has 0 aliphatic carbocycles. The minimum absolute atomic E-state index is 0.0705. The van der Waals surface area contributed by atoms with Gasteiger partial charge in [0, 0.05) is 6.04 Å². The van der Waals surface area contributed by atoms with E-state index in [0.717, 1.165) is 32.3 Å². The van der Waals surface area contributed by atoms with Crippen LogP contribution in [0, 0.1) is 0 Å². The van der Waals surface area contributed by atoms with Crippen LogP contribution in [0.5, 0.6) is 0 Å². The molecule has 0 bridgehead atoms. The molecule has 4 atom stereocenters. The van der Waals surface area contributed by atoms with Crippen molar-refractivity contribution in [2.45, 2.75) is 57.0 Å². The van der Waals surface area contributed by atoms with Gasteiger partial charge in [0.2, 0.25) is 0 Å². The van der Waals surface area contributed by atoms with Crippen molar-refractivity contribution in [1.82, 2.24) is 0 Å². The molecule has 0 radical (unpaired) electrons. The summed E-state index contributed by atoms with van der Waals surface area (Å²) in [5.41, 5.74) is 9.05. The van der Waals surface area contributed by atoms with Gasteiger partial charge in [-0.05, 0) is 43.7 Å². The highest BCUT2D eigenvalue weighted by atomic mass is 16.5. The highest BCUT2D eigenvalue weighted by Gasteiger charge is 2.31. The molecule has 1 aromatic carbocycles. The number of nitrogens with two attached hydrogens (primary N) is 1. The van der Waals surface area contributed by atoms with Crippen molar-refractivity contribution in [1.29, 1.82) is 0 Å². The highest BCUT2D eigenvalue weighted by Crippen LogP contribution is 2.32. The van der Waals surface area contributed by atoms with Crippen LogP contribution in [0.15, 0.2) is 24.3 Å². The van der Waals surface area contributed by atoms with E-state index in [-0.39, 0.29) is 18.2 Å². The largest absolute Gasteiger partial charge is 0.374 e. The van der Waals surface area contributed by atoms with Crippen molar-refractivity contribution < 1.29 is 9.47 Å². The van der Waals surface area contributed by atoms with Gasteiger partial charge < -0.3 is 15.2 Å². The molecular weight excluding hydrogens is 238 g/mol. The minimum atomic E-state index is 0.0705. The number of hydrogen-bond donors (Lipinski definition) is 1. The van der Waals surface area contributed by atoms with Crippen LogP contribution in [0.25, 0.3) is 0 Å². The number of benzene rings is 1. The Morgan fingerprint density at radius 1 is 1.32 bits per heavy atom. The smallest absolute Gasteiger partial charge is 0.0843 e. The highest BCUT2D eigenvalue weighted by molar-refractivity contribution is 5.31. The quantitative estimate of drug-likeness (QED) is 0.909. The zero-order valence-electron chi connectivity index (χ0n) is 11.5. The Morgan fingerprint density at radius 2 is 2.16 bits per heavy atom. The lowest BCUT2D eigenvalue weighted by Gasteiger charge is -2.30. The van der Waals surface area contributed by atoms with Crippen LogP contribution < -0.4 is 5.73 Å². The van der Waals surface area contributed by atoms with E-state index in [1.165, 1.54) is 11.1 Å². The summed E-state index contributed by atoms with van der Waals surface area (Å²) >= 11 is 0. The Balaban J connectivity index is 1.67. The zero-order valence-corrected chi connectivity index (χ0v) is 11.5. The predicted molar refractivity (Wildman–Crippen MR) is 75.0 cm³/mol. The van der Waals surface area contributed by atoms with Crippen LogP contribution in [0.1, 0.15) is 43.4 Å². The fraction of sp³-hybridized carbons (Fsp3) is 0.625. The lowest BCUT2D eigenvalue weighted by Crippen LogP contribution is -2.37. The molecule has 1 saturated heterocycles. The summed E-state index contributed by atoms with van der Waals surface area (Å²) in [5, 5.41) is 0. The Bertz CT molecular complexity index is 435. The molecule has 0 spiro atoms. The summed E-state index contributed by atoms with van der Waals surface area (Å²) in [6.45, 7) is 2.93. The average Bonchev–Trinajstić information content (AvgIpc) is 2.86. The molecule has 3 rings (SSSR count). The van der Waals surface area contributed by atoms with Gasteiger partial charge in [0.1, 0.15) is 0 Å². The van der Waals surface area contributed by atoms with Crippen LogP contribution in [0.2, 0.25) is 0 Å². The van der Waals surface area contributed by atoms with E-state index >= 15 is 0 Å². The van der Waals surface area contributed by atoms with Gasteiger partial charge in [0.15, 0.2) is 0 Å². The molecule has 0 amide bonds. The lowest BCUT2D eigenvalue weighted by molar-refractivity contribution is -0.000753. The van der Waals surface area contributed by atoms with Crippen LogP contribution in [-0.4, -0.2) is 24.9 Å². The van der Waals surface area contributed by atoms with Crippen LogP contribution >= 0.6 is 0 Å². The maximum atomic E-state index is 6.32. The standard InChI is InChI=1S/C16H23NO2/c1-11-6-7-15(19-11)14(17)10-16-13-5-3-2-4-12(13)8-9-18-16/h2-5,11,14-16H,6-10,17H2,1H3. The van der Waals surface area contributed by atoms with Crippen LogP contribution in [0.3, 0.4) is 0 Å². The monoisotopic (exact) mass is 261 g/mol. The molecule has 0 aromatic heterocycles. The van der Waals surface area contributed by atoms with Crippen molar-refractivity contribution in [3.05, 3.63) is 35.4 Å². The summed E-state index contributed by atoms with van der Waals surface area (Å²) in [6, 6.07) is 8.62. The maximum absolute atomic E-state index is 6.32. The normalized spacial score (nSPS) is 32.0. The van der Waals surface area contributed by atoms with Gasteiger partial charge in [0.05, 0.1) is 24.9 Å². The van der Waals surface area contributed by atoms with Crippen molar-refractivity contribution >= 4 is 0 Å². The number of fused-ring (bicyclic) bond motifs is 1. The van der Waals surface area contributed by atoms with E-state index in [1.807, 2.05) is 0 Å². The lowest BCUT2D eigenvalue weighted by atomic mass is 9.92. The Kier molecular flexibility index (Phi) is 3.87. The molecule has 19 heavy (non-hydrogen) atoms. The molecular formula is C16H23NO2. The third-order valence-corrected chi connectivity index (χ3v) is 4.32. The summed E-state index contributed by atoms with van der Waals surface area (Å²) in [5.74, 6) is 0. The second-order valence-electron chi connectivity index (χ2n) is 5.77. The van der Waals surface area contributed by atoms with Crippen LogP contribution in [-0.2, 0) is 15.9 Å². The minimum Gasteiger partial charge on any atom is -0.374 e. The molecule has 2 aliphatic heterocycles. The molecule has 1 aromatic rings. The number of ether oxygens (including phenoxy) is 2. The van der Waals surface area contributed by atoms with Crippen molar-refractivity contribution in [2.24, 2.45) is 5.73 Å². The molecule has 1 fully saturated rings. The third-order valence-electron chi connectivity index (χ3n) is 4.32. The Morgan fingerprint density at radius 3 is 2.95 bits per heavy atom. The van der Waals surface area contributed by atoms with E-state index in [9.17, 15) is 0 Å². The van der Waals surface area contributed by atoms with Crippen molar-refractivity contribution in [3.63, 3.8) is 0 Å². The molecule has 2 aliphatic rings. The van der Waals surface area contributed by atoms with Gasteiger partial charge >= 0.3 is 0 Å². The Labute approximate surface area is 115 Å². The topological polar surface area (TPSA) is 44.5 Å². The Hall–Kier alpha value is -0.900. The van der Waals surface area contributed by atoms with Gasteiger partial charge in [-0.2, -0.15) is 0 Å². The van der Waals surface area contributed by atoms with E-state index in [0.29, 0.717) is 6.10 Å². The zero-order chi connectivity index (χ0) is 13.2. The first-order valence-corrected chi connectivity index (χ1v) is 7.34. The average molecular weight is 261 g/mol. The van der Waals surface area contributed by atoms with Crippen molar-refractivity contribution in [3.8, 4) is 0 Å². The van der Waals surface area contributed by atoms with E-state index in [4.69, 9.17) is 15.2 Å². The third kappa shape index (κ3) is 2.83. The molecule has 3 heteroatoms. The van der Waals surface area contributed by atoms with E-state index in [1.54, 1.807) is 0 Å². The van der Waals surface area contributed by atoms with Crippen molar-refractivity contribution in [2.75, 3.05) is 6.61 Å². The maximum Gasteiger partial charge on any atom is 0.0843 e. The first-order valence-electron chi connectivity index (χ1n) is 7.34. The summed E-state index contributed by atoms with van der Waals surface area (Å²) in [7, 11) is 0. The molecule has 2 heterocycles. The fourth-order valence-corrected chi connectivity index (χ4v) is 3.22. The summed E-state index contributed by atoms with van der Waals surface area (Å²) in [6.07, 6.45) is 4.77. The summed E-state index contributed by atoms with van der Waals surface area (Å²) in [4.78, 5) is 0. The van der Waals surface area contributed by atoms with Gasteiger partial charge in [-0.25, -0.2) is 0 Å². The molecule has 4 unspecified atom stereocenters. The molecule has 104 valence electrons. The SMILES string of the molecule is CC1CCC(C(N)CC2OCCc3ccccc32)O1. The second-order valence-corrected chi connectivity index (χ2v) is 5.77. The van der Waals surface area contributed by atoms with Gasteiger partial charge in [-0.1, -0.05) is 24.3 Å². The van der Waals surface area contributed by atoms with Crippen LogP contribution in [0.4, 0.5) is 0 Å². The van der Waals surface area contributed by atoms with Gasteiger partial charge in [-0.15, -0.1) is 0 Å². The molecule has 3 nitrogen and oxygen atoms in total.